The van der Waals surface area contributed by atoms with Crippen LogP contribution < -0.4 is 11.5 Å². The third-order valence-corrected chi connectivity index (χ3v) is 6.25. The molecular weight excluding hydrogens is 386 g/mol. The number of nitrogens with zero attached hydrogens (tertiary/aromatic N) is 5. The van der Waals surface area contributed by atoms with Crippen LogP contribution in [0.25, 0.3) is 10.9 Å². The first-order chi connectivity index (χ1) is 15.2. The standard InChI is InChI=1S/C24H31N7/c1-27-23(25)22(18-9-6-14-28-15-18)24(26)29-16-31-21-11-5-4-10-19(21)20(30-31)13-12-17-7-2-3-8-17/h4-6,9-11,14-15,17,22H,2-3,7-8,12-13,16H2,1H3,(H2,25,27)(H2,26,29). The Morgan fingerprint density at radius 2 is 1.94 bits per heavy atom. The van der Waals surface area contributed by atoms with Gasteiger partial charge in [0.1, 0.15) is 18.3 Å². The molecule has 1 fully saturated rings. The highest BCUT2D eigenvalue weighted by Crippen LogP contribution is 2.30. The number of hydrogen-bond donors (Lipinski definition) is 2. The molecule has 162 valence electrons. The molecule has 1 aliphatic carbocycles. The number of aryl methyl sites for hydroxylation is 1. The van der Waals surface area contributed by atoms with Crippen LogP contribution in [-0.2, 0) is 13.1 Å². The molecule has 4 N–H and O–H groups in total. The van der Waals surface area contributed by atoms with Crippen molar-refractivity contribution in [1.29, 1.82) is 0 Å². The summed E-state index contributed by atoms with van der Waals surface area (Å²) in [5, 5.41) is 6.10. The fourth-order valence-corrected chi connectivity index (χ4v) is 4.54. The maximum Gasteiger partial charge on any atom is 0.133 e. The van der Waals surface area contributed by atoms with Crippen molar-refractivity contribution in [2.45, 2.75) is 51.1 Å². The monoisotopic (exact) mass is 417 g/mol. The van der Waals surface area contributed by atoms with Crippen molar-refractivity contribution in [3.8, 4) is 0 Å². The van der Waals surface area contributed by atoms with Gasteiger partial charge in [-0.3, -0.25) is 9.98 Å². The summed E-state index contributed by atoms with van der Waals surface area (Å²) >= 11 is 0. The van der Waals surface area contributed by atoms with Crippen molar-refractivity contribution in [2.75, 3.05) is 7.05 Å². The lowest BCUT2D eigenvalue weighted by Crippen LogP contribution is -2.34. The van der Waals surface area contributed by atoms with E-state index in [1.165, 1.54) is 37.5 Å². The first-order valence-corrected chi connectivity index (χ1v) is 11.0. The van der Waals surface area contributed by atoms with Crippen LogP contribution in [0.1, 0.15) is 49.3 Å². The molecule has 31 heavy (non-hydrogen) atoms. The van der Waals surface area contributed by atoms with Gasteiger partial charge < -0.3 is 11.5 Å². The molecule has 3 aromatic rings. The second-order valence-corrected chi connectivity index (χ2v) is 8.24. The van der Waals surface area contributed by atoms with Crippen molar-refractivity contribution in [2.24, 2.45) is 27.4 Å². The Labute approximate surface area is 183 Å². The van der Waals surface area contributed by atoms with Gasteiger partial charge in [0.2, 0.25) is 0 Å². The number of aliphatic imine (C=N–C) groups is 2. The van der Waals surface area contributed by atoms with Gasteiger partial charge in [0.25, 0.3) is 0 Å². The fraction of sp³-hybridized carbons (Fsp3) is 0.417. The molecular formula is C24H31N7. The number of rotatable bonds is 8. The molecule has 1 aromatic carbocycles. The topological polar surface area (TPSA) is 107 Å². The summed E-state index contributed by atoms with van der Waals surface area (Å²) in [5.41, 5.74) is 15.6. The normalized spacial score (nSPS) is 16.8. The Balaban J connectivity index is 1.57. The Hall–Kier alpha value is -3.22. The molecule has 0 radical (unpaired) electrons. The lowest BCUT2D eigenvalue weighted by Gasteiger charge is -2.16. The van der Waals surface area contributed by atoms with Crippen molar-refractivity contribution < 1.29 is 0 Å². The van der Waals surface area contributed by atoms with E-state index in [1.54, 1.807) is 19.4 Å². The van der Waals surface area contributed by atoms with E-state index >= 15 is 0 Å². The predicted molar refractivity (Wildman–Crippen MR) is 126 cm³/mol. The van der Waals surface area contributed by atoms with Gasteiger partial charge in [0, 0.05) is 24.8 Å². The SMILES string of the molecule is CN=C(N)C(C(N)=NCn1nc(CCC2CCCC2)c2ccccc21)c1cccnc1. The number of aromatic nitrogens is 3. The average Bonchev–Trinajstić information content (AvgIpc) is 3.45. The summed E-state index contributed by atoms with van der Waals surface area (Å²) < 4.78 is 1.94. The smallest absolute Gasteiger partial charge is 0.133 e. The molecule has 0 bridgehead atoms. The Morgan fingerprint density at radius 3 is 2.68 bits per heavy atom. The third-order valence-electron chi connectivity index (χ3n) is 6.25. The zero-order chi connectivity index (χ0) is 21.6. The van der Waals surface area contributed by atoms with E-state index in [2.05, 4.69) is 33.2 Å². The number of para-hydroxylation sites is 1. The zero-order valence-electron chi connectivity index (χ0n) is 18.1. The molecule has 7 nitrogen and oxygen atoms in total. The van der Waals surface area contributed by atoms with E-state index in [4.69, 9.17) is 16.6 Å². The number of benzene rings is 1. The van der Waals surface area contributed by atoms with Gasteiger partial charge in [-0.1, -0.05) is 49.9 Å². The summed E-state index contributed by atoms with van der Waals surface area (Å²) in [7, 11) is 1.66. The number of hydrogen-bond acceptors (Lipinski definition) is 4. The van der Waals surface area contributed by atoms with Crippen LogP contribution >= 0.6 is 0 Å². The number of amidine groups is 2. The van der Waals surface area contributed by atoms with E-state index in [0.717, 1.165) is 29.1 Å². The van der Waals surface area contributed by atoms with Crippen LogP contribution in [0.3, 0.4) is 0 Å². The Kier molecular flexibility index (Phi) is 6.60. The molecule has 0 amide bonds. The van der Waals surface area contributed by atoms with Gasteiger partial charge in [0.15, 0.2) is 0 Å². The number of pyridine rings is 1. The molecule has 2 heterocycles. The first kappa shape index (κ1) is 21.0. The van der Waals surface area contributed by atoms with Gasteiger partial charge in [-0.15, -0.1) is 0 Å². The molecule has 0 saturated heterocycles. The zero-order valence-corrected chi connectivity index (χ0v) is 18.1. The lowest BCUT2D eigenvalue weighted by atomic mass is 9.98. The summed E-state index contributed by atoms with van der Waals surface area (Å²) in [6.07, 6.45) is 11.1. The van der Waals surface area contributed by atoms with Crippen molar-refractivity contribution in [3.05, 3.63) is 60.0 Å². The van der Waals surface area contributed by atoms with Crippen molar-refractivity contribution >= 4 is 22.6 Å². The first-order valence-electron chi connectivity index (χ1n) is 11.0. The van der Waals surface area contributed by atoms with E-state index < -0.39 is 5.92 Å². The molecule has 1 saturated carbocycles. The molecule has 0 spiro atoms. The van der Waals surface area contributed by atoms with Gasteiger partial charge in [-0.05, 0) is 36.5 Å². The molecule has 7 heteroatoms. The number of fused-ring (bicyclic) bond motifs is 1. The largest absolute Gasteiger partial charge is 0.387 e. The highest BCUT2D eigenvalue weighted by molar-refractivity contribution is 6.09. The minimum Gasteiger partial charge on any atom is -0.387 e. The van der Waals surface area contributed by atoms with Crippen molar-refractivity contribution in [1.82, 2.24) is 14.8 Å². The molecule has 2 aromatic heterocycles. The van der Waals surface area contributed by atoms with Crippen LogP contribution in [0.2, 0.25) is 0 Å². The highest BCUT2D eigenvalue weighted by atomic mass is 15.3. The minimum atomic E-state index is -0.401. The molecule has 1 atom stereocenters. The van der Waals surface area contributed by atoms with Crippen LogP contribution in [0.5, 0.6) is 0 Å². The highest BCUT2D eigenvalue weighted by Gasteiger charge is 2.21. The molecule has 1 aliphatic rings. The predicted octanol–water partition coefficient (Wildman–Crippen LogP) is 3.64. The van der Waals surface area contributed by atoms with Gasteiger partial charge in [0.05, 0.1) is 17.1 Å². The van der Waals surface area contributed by atoms with E-state index in [9.17, 15) is 0 Å². The summed E-state index contributed by atoms with van der Waals surface area (Å²) in [4.78, 5) is 13.0. The third kappa shape index (κ3) is 4.76. The summed E-state index contributed by atoms with van der Waals surface area (Å²) in [6.45, 7) is 0.337. The van der Waals surface area contributed by atoms with Gasteiger partial charge in [-0.25, -0.2) is 9.67 Å². The van der Waals surface area contributed by atoms with Crippen LogP contribution in [0.4, 0.5) is 0 Å². The van der Waals surface area contributed by atoms with Crippen LogP contribution in [-0.4, -0.2) is 33.5 Å². The van der Waals surface area contributed by atoms with Crippen molar-refractivity contribution in [3.63, 3.8) is 0 Å². The van der Waals surface area contributed by atoms with Gasteiger partial charge >= 0.3 is 0 Å². The van der Waals surface area contributed by atoms with Gasteiger partial charge in [-0.2, -0.15) is 5.10 Å². The quantitative estimate of drug-likeness (QED) is 0.431. The van der Waals surface area contributed by atoms with E-state index in [0.29, 0.717) is 18.3 Å². The van der Waals surface area contributed by atoms with Crippen LogP contribution in [0, 0.1) is 5.92 Å². The maximum atomic E-state index is 6.39. The van der Waals surface area contributed by atoms with Crippen LogP contribution in [0.15, 0.2) is 58.8 Å². The fourth-order valence-electron chi connectivity index (χ4n) is 4.54. The molecule has 0 aliphatic heterocycles. The Morgan fingerprint density at radius 1 is 1.13 bits per heavy atom. The van der Waals surface area contributed by atoms with E-state index in [-0.39, 0.29) is 0 Å². The Bertz CT molecular complexity index is 1060. The minimum absolute atomic E-state index is 0.337. The lowest BCUT2D eigenvalue weighted by molar-refractivity contribution is 0.498. The van der Waals surface area contributed by atoms with E-state index in [1.807, 2.05) is 22.9 Å². The second-order valence-electron chi connectivity index (χ2n) is 8.24. The maximum absolute atomic E-state index is 6.39. The average molecular weight is 418 g/mol. The second kappa shape index (κ2) is 9.73. The summed E-state index contributed by atoms with van der Waals surface area (Å²) in [6, 6.07) is 12.1. The number of nitrogens with two attached hydrogens (primary N) is 2. The molecule has 1 unspecified atom stereocenters. The summed E-state index contributed by atoms with van der Waals surface area (Å²) in [5.74, 6) is 1.26. The molecule has 4 rings (SSSR count).